The molecule has 0 saturated heterocycles. The molecule has 1 aromatic heterocycles. The van der Waals surface area contributed by atoms with Crippen LogP contribution in [0.15, 0.2) is 22.3 Å². The number of nitrogens with two attached hydrogens (primary N) is 3. The topological polar surface area (TPSA) is 175 Å². The molecule has 3 atom stereocenters. The Morgan fingerprint density at radius 3 is 2.48 bits per heavy atom. The molecule has 0 spiro atoms. The largest absolute Gasteiger partial charge is 0.400 e. The lowest BCUT2D eigenvalue weighted by atomic mass is 9.93. The third-order valence-electron chi connectivity index (χ3n) is 3.46. The lowest BCUT2D eigenvalue weighted by Gasteiger charge is -2.39. The van der Waals surface area contributed by atoms with Crippen LogP contribution in [0.25, 0.3) is 0 Å². The Morgan fingerprint density at radius 2 is 2.04 bits per heavy atom. The molecule has 10 heteroatoms. The molecular weight excluding hydrogens is 328 g/mol. The van der Waals surface area contributed by atoms with Crippen molar-refractivity contribution in [1.29, 1.82) is 0 Å². The minimum atomic E-state index is -1.36. The van der Waals surface area contributed by atoms with Gasteiger partial charge in [0.1, 0.15) is 17.5 Å². The first-order valence-corrected chi connectivity index (χ1v) is 7.91. The molecule has 146 valence electrons. The van der Waals surface area contributed by atoms with Crippen molar-refractivity contribution in [2.24, 2.45) is 22.2 Å². The fraction of sp³-hybridized carbons (Fsp3) is 0.667. The summed E-state index contributed by atoms with van der Waals surface area (Å²) in [6.45, 7) is 7.87. The average molecular weight is 360 g/mol. The number of rotatable bonds is 7. The highest BCUT2D eigenvalue weighted by Gasteiger charge is 2.40. The molecule has 0 saturated carbocycles. The molecule has 10 nitrogen and oxygen atoms in total. The summed E-state index contributed by atoms with van der Waals surface area (Å²) in [5, 5.41) is 17.0. The van der Waals surface area contributed by atoms with Crippen molar-refractivity contribution >= 4 is 12.0 Å². The van der Waals surface area contributed by atoms with E-state index in [1.807, 2.05) is 13.8 Å². The van der Waals surface area contributed by atoms with E-state index in [4.69, 9.17) is 27.0 Å². The van der Waals surface area contributed by atoms with Crippen molar-refractivity contribution in [3.63, 3.8) is 0 Å². The monoisotopic (exact) mass is 360 g/mol. The van der Waals surface area contributed by atoms with E-state index in [1.165, 1.54) is 17.1 Å². The van der Waals surface area contributed by atoms with Gasteiger partial charge in [0.05, 0.1) is 31.6 Å². The first-order valence-electron chi connectivity index (χ1n) is 7.91. The summed E-state index contributed by atoms with van der Waals surface area (Å²) >= 11 is 0. The Balaban J connectivity index is 0. The van der Waals surface area contributed by atoms with E-state index < -0.39 is 23.4 Å². The molecule has 25 heavy (non-hydrogen) atoms. The molecule has 0 aliphatic rings. The van der Waals surface area contributed by atoms with E-state index in [9.17, 15) is 9.90 Å². The summed E-state index contributed by atoms with van der Waals surface area (Å²) in [6.07, 6.45) is 1.60. The summed E-state index contributed by atoms with van der Waals surface area (Å²) in [5.74, 6) is 0. The number of ether oxygens (including phenoxy) is 1. The van der Waals surface area contributed by atoms with E-state index in [1.54, 1.807) is 13.8 Å². The summed E-state index contributed by atoms with van der Waals surface area (Å²) in [4.78, 5) is 20.1. The highest BCUT2D eigenvalue weighted by atomic mass is 16.5. The number of aliphatic hydroxyl groups excluding tert-OH is 2. The van der Waals surface area contributed by atoms with Crippen LogP contribution >= 0.6 is 0 Å². The standard InChI is InChI=1S/C12H22N6O3.C2H6.CH4O/c1-8(21-4-3-13)12(2,11(15)20)18-7-16-5-9(10(18)19)17-6-14;2*1-2/h5-8,11,20H,3-4,13,15H2,1-2H3,(H2,14,17);1-2H3;2H,1H3. The zero-order valence-corrected chi connectivity index (χ0v) is 15.6. The molecular formula is C15H32N6O4. The highest BCUT2D eigenvalue weighted by molar-refractivity contribution is 5.57. The first kappa shape index (κ1) is 25.4. The number of aromatic nitrogens is 2. The van der Waals surface area contributed by atoms with Crippen molar-refractivity contribution in [2.75, 3.05) is 20.3 Å². The number of aliphatic hydroxyl groups is 2. The van der Waals surface area contributed by atoms with Crippen LogP contribution < -0.4 is 22.8 Å². The van der Waals surface area contributed by atoms with Crippen LogP contribution in [-0.2, 0) is 10.3 Å². The molecule has 0 bridgehead atoms. The van der Waals surface area contributed by atoms with Crippen LogP contribution in [0.4, 0.5) is 5.69 Å². The van der Waals surface area contributed by atoms with Gasteiger partial charge in [-0.15, -0.1) is 0 Å². The van der Waals surface area contributed by atoms with Crippen molar-refractivity contribution in [2.45, 2.75) is 45.6 Å². The third-order valence-corrected chi connectivity index (χ3v) is 3.46. The molecule has 1 rings (SSSR count). The van der Waals surface area contributed by atoms with E-state index in [-0.39, 0.29) is 12.3 Å². The minimum absolute atomic E-state index is 0.0397. The van der Waals surface area contributed by atoms with Crippen molar-refractivity contribution in [3.8, 4) is 0 Å². The van der Waals surface area contributed by atoms with Gasteiger partial charge >= 0.3 is 0 Å². The van der Waals surface area contributed by atoms with Gasteiger partial charge in [0.2, 0.25) is 0 Å². The normalized spacial score (nSPS) is 15.2. The second-order valence-electron chi connectivity index (χ2n) is 4.70. The quantitative estimate of drug-likeness (QED) is 0.230. The molecule has 0 aromatic carbocycles. The summed E-state index contributed by atoms with van der Waals surface area (Å²) in [5.41, 5.74) is 14.6. The molecule has 0 amide bonds. The maximum absolute atomic E-state index is 12.4. The summed E-state index contributed by atoms with van der Waals surface area (Å²) < 4.78 is 6.71. The molecule has 0 fully saturated rings. The van der Waals surface area contributed by atoms with Gasteiger partial charge in [0, 0.05) is 13.7 Å². The maximum Gasteiger partial charge on any atom is 0.279 e. The van der Waals surface area contributed by atoms with Gasteiger partial charge in [0.25, 0.3) is 5.56 Å². The van der Waals surface area contributed by atoms with Crippen molar-refractivity contribution < 1.29 is 14.9 Å². The predicted octanol–water partition coefficient (Wildman–Crippen LogP) is -1.15. The highest BCUT2D eigenvalue weighted by Crippen LogP contribution is 2.24. The van der Waals surface area contributed by atoms with Crippen LogP contribution in [0, 0.1) is 0 Å². The lowest BCUT2D eigenvalue weighted by molar-refractivity contribution is -0.0744. The molecule has 0 aliphatic carbocycles. The SMILES string of the molecule is CC.CC(OCCN)C(C)(C(N)O)n1cncc(N=CN)c1=O.CO. The molecule has 0 aliphatic heterocycles. The smallest absolute Gasteiger partial charge is 0.279 e. The number of aliphatic imine (C=N–C) groups is 1. The van der Waals surface area contributed by atoms with Crippen molar-refractivity contribution in [3.05, 3.63) is 22.9 Å². The van der Waals surface area contributed by atoms with Gasteiger partial charge in [-0.2, -0.15) is 0 Å². The minimum Gasteiger partial charge on any atom is -0.400 e. The number of hydrogen-bond donors (Lipinski definition) is 5. The summed E-state index contributed by atoms with van der Waals surface area (Å²) in [7, 11) is 1.00. The van der Waals surface area contributed by atoms with Crippen molar-refractivity contribution in [1.82, 2.24) is 9.55 Å². The fourth-order valence-electron chi connectivity index (χ4n) is 1.91. The van der Waals surface area contributed by atoms with E-state index in [0.717, 1.165) is 13.4 Å². The van der Waals surface area contributed by atoms with Crippen LogP contribution in [0.5, 0.6) is 0 Å². The van der Waals surface area contributed by atoms with E-state index in [0.29, 0.717) is 6.54 Å². The van der Waals surface area contributed by atoms with Gasteiger partial charge in [-0.05, 0) is 13.8 Å². The van der Waals surface area contributed by atoms with Gasteiger partial charge in [-0.3, -0.25) is 9.36 Å². The second-order valence-corrected chi connectivity index (χ2v) is 4.70. The lowest BCUT2D eigenvalue weighted by Crippen LogP contribution is -2.58. The van der Waals surface area contributed by atoms with Gasteiger partial charge in [0.15, 0.2) is 0 Å². The fourth-order valence-corrected chi connectivity index (χ4v) is 1.91. The zero-order valence-electron chi connectivity index (χ0n) is 15.6. The van der Waals surface area contributed by atoms with Gasteiger partial charge in [-0.1, -0.05) is 13.8 Å². The molecule has 8 N–H and O–H groups in total. The Kier molecular flexibility index (Phi) is 13.7. The van der Waals surface area contributed by atoms with E-state index >= 15 is 0 Å². The molecule has 1 aromatic rings. The Morgan fingerprint density at radius 1 is 1.48 bits per heavy atom. The second kappa shape index (κ2) is 13.4. The molecule has 3 unspecified atom stereocenters. The van der Waals surface area contributed by atoms with Gasteiger partial charge in [-0.25, -0.2) is 9.98 Å². The van der Waals surface area contributed by atoms with Crippen LogP contribution in [0.2, 0.25) is 0 Å². The van der Waals surface area contributed by atoms with Crippen LogP contribution in [0.1, 0.15) is 27.7 Å². The maximum atomic E-state index is 12.4. The van der Waals surface area contributed by atoms with Crippen LogP contribution in [-0.4, -0.2) is 58.7 Å². The summed E-state index contributed by atoms with van der Waals surface area (Å²) in [6, 6.07) is 0. The Hall–Kier alpha value is -1.85. The molecule has 0 radical (unpaired) electrons. The van der Waals surface area contributed by atoms with Gasteiger partial charge < -0.3 is 32.2 Å². The zero-order chi connectivity index (χ0) is 20.0. The predicted molar refractivity (Wildman–Crippen MR) is 98.6 cm³/mol. The van der Waals surface area contributed by atoms with Crippen LogP contribution in [0.3, 0.4) is 0 Å². The number of hydrogen-bond acceptors (Lipinski definition) is 8. The Labute approximate surface area is 148 Å². The first-order chi connectivity index (χ1) is 11.9. The third kappa shape index (κ3) is 6.52. The van der Waals surface area contributed by atoms with E-state index in [2.05, 4.69) is 9.98 Å². The average Bonchev–Trinajstić information content (AvgIpc) is 2.64. The number of nitrogens with zero attached hydrogens (tertiary/aromatic N) is 3. The Bertz CT molecular complexity index is 549. The molecule has 1 heterocycles.